The Morgan fingerprint density at radius 3 is 2.65 bits per heavy atom. The minimum atomic E-state index is 0.0870. The number of nitrogens with two attached hydrogens (primary N) is 1. The van der Waals surface area contributed by atoms with E-state index in [2.05, 4.69) is 30.4 Å². The Labute approximate surface area is 137 Å². The highest BCUT2D eigenvalue weighted by molar-refractivity contribution is 5.79. The van der Waals surface area contributed by atoms with E-state index in [1.54, 1.807) is 0 Å². The molecule has 0 spiro atoms. The van der Waals surface area contributed by atoms with Crippen molar-refractivity contribution in [3.05, 3.63) is 64.7 Å². The Balaban J connectivity index is 1.66. The molecular formula is C20H24N2O. The van der Waals surface area contributed by atoms with E-state index < -0.39 is 0 Å². The average molecular weight is 308 g/mol. The van der Waals surface area contributed by atoms with Gasteiger partial charge in [0, 0.05) is 5.69 Å². The van der Waals surface area contributed by atoms with Crippen molar-refractivity contribution in [2.24, 2.45) is 0 Å². The van der Waals surface area contributed by atoms with Crippen molar-refractivity contribution in [1.29, 1.82) is 0 Å². The number of nitrogens with one attached hydrogen (secondary N) is 1. The highest BCUT2D eigenvalue weighted by Gasteiger charge is 2.21. The molecule has 3 rings (SSSR count). The van der Waals surface area contributed by atoms with Crippen LogP contribution in [-0.4, -0.2) is 5.91 Å². The summed E-state index contributed by atoms with van der Waals surface area (Å²) >= 11 is 0. The van der Waals surface area contributed by atoms with Gasteiger partial charge in [-0.2, -0.15) is 0 Å². The molecule has 3 nitrogen and oxygen atoms in total. The fraction of sp³-hybridized carbons (Fsp3) is 0.350. The summed E-state index contributed by atoms with van der Waals surface area (Å²) in [6.45, 7) is 2.13. The van der Waals surface area contributed by atoms with Gasteiger partial charge in [-0.25, -0.2) is 0 Å². The highest BCUT2D eigenvalue weighted by Crippen LogP contribution is 2.31. The first kappa shape index (κ1) is 15.6. The van der Waals surface area contributed by atoms with E-state index in [1.807, 2.05) is 24.3 Å². The van der Waals surface area contributed by atoms with E-state index in [-0.39, 0.29) is 11.9 Å². The summed E-state index contributed by atoms with van der Waals surface area (Å²) in [5.74, 6) is 0.0870. The summed E-state index contributed by atoms with van der Waals surface area (Å²) in [6, 6.07) is 14.4. The first-order valence-electron chi connectivity index (χ1n) is 8.41. The third-order valence-corrected chi connectivity index (χ3v) is 4.61. The lowest BCUT2D eigenvalue weighted by Crippen LogP contribution is -2.32. The third-order valence-electron chi connectivity index (χ3n) is 4.61. The first-order valence-corrected chi connectivity index (χ1v) is 8.41. The molecule has 0 radical (unpaired) electrons. The van der Waals surface area contributed by atoms with Gasteiger partial charge in [0.25, 0.3) is 0 Å². The maximum atomic E-state index is 12.4. The van der Waals surface area contributed by atoms with Gasteiger partial charge in [0.1, 0.15) is 0 Å². The van der Waals surface area contributed by atoms with Crippen LogP contribution in [0.25, 0.3) is 0 Å². The lowest BCUT2D eigenvalue weighted by molar-refractivity contribution is -0.121. The molecule has 1 amide bonds. The van der Waals surface area contributed by atoms with Gasteiger partial charge in [0.2, 0.25) is 5.91 Å². The van der Waals surface area contributed by atoms with Crippen LogP contribution in [0.15, 0.2) is 42.5 Å². The molecule has 2 aromatic rings. The maximum Gasteiger partial charge on any atom is 0.224 e. The third kappa shape index (κ3) is 3.73. The molecular weight excluding hydrogens is 284 g/mol. The second-order valence-electron chi connectivity index (χ2n) is 6.32. The van der Waals surface area contributed by atoms with Crippen molar-refractivity contribution in [3.8, 4) is 0 Å². The summed E-state index contributed by atoms with van der Waals surface area (Å²) in [7, 11) is 0. The van der Waals surface area contributed by atoms with E-state index in [9.17, 15) is 4.79 Å². The van der Waals surface area contributed by atoms with E-state index in [0.29, 0.717) is 6.42 Å². The summed E-state index contributed by atoms with van der Waals surface area (Å²) in [5.41, 5.74) is 11.5. The molecule has 0 heterocycles. The molecule has 1 aliphatic carbocycles. The molecule has 0 saturated heterocycles. The fourth-order valence-electron chi connectivity index (χ4n) is 3.31. The monoisotopic (exact) mass is 308 g/mol. The fourth-order valence-corrected chi connectivity index (χ4v) is 3.31. The lowest BCUT2D eigenvalue weighted by Gasteiger charge is -2.26. The second-order valence-corrected chi connectivity index (χ2v) is 6.32. The SMILES string of the molecule is CCc1ccc(CC(=O)NC2CCCc3cc(N)ccc32)cc1. The molecule has 2 aromatic carbocycles. The molecule has 1 atom stereocenters. The number of hydrogen-bond acceptors (Lipinski definition) is 2. The standard InChI is InChI=1S/C20H24N2O/c1-2-14-6-8-15(9-7-14)12-20(23)22-19-5-3-4-16-13-17(21)10-11-18(16)19/h6-11,13,19H,2-5,12,21H2,1H3,(H,22,23). The number of amides is 1. The smallest absolute Gasteiger partial charge is 0.224 e. The van der Waals surface area contributed by atoms with E-state index in [4.69, 9.17) is 5.73 Å². The van der Waals surface area contributed by atoms with Gasteiger partial charge in [0.05, 0.1) is 12.5 Å². The molecule has 3 heteroatoms. The molecule has 3 N–H and O–H groups in total. The molecule has 0 bridgehead atoms. The zero-order valence-corrected chi connectivity index (χ0v) is 13.6. The minimum absolute atomic E-state index is 0.0870. The predicted octanol–water partition coefficient (Wildman–Crippen LogP) is 3.57. The van der Waals surface area contributed by atoms with Crippen LogP contribution in [0, 0.1) is 0 Å². The van der Waals surface area contributed by atoms with Crippen LogP contribution in [0.3, 0.4) is 0 Å². The molecule has 1 aliphatic rings. The Morgan fingerprint density at radius 2 is 1.91 bits per heavy atom. The molecule has 23 heavy (non-hydrogen) atoms. The topological polar surface area (TPSA) is 55.1 Å². The summed E-state index contributed by atoms with van der Waals surface area (Å²) < 4.78 is 0. The molecule has 0 aromatic heterocycles. The van der Waals surface area contributed by atoms with Crippen molar-refractivity contribution in [2.45, 2.75) is 45.1 Å². The number of hydrogen-bond donors (Lipinski definition) is 2. The van der Waals surface area contributed by atoms with Crippen molar-refractivity contribution in [2.75, 3.05) is 5.73 Å². The van der Waals surface area contributed by atoms with Gasteiger partial charge >= 0.3 is 0 Å². The number of carbonyl (C=O) groups excluding carboxylic acids is 1. The highest BCUT2D eigenvalue weighted by atomic mass is 16.1. The zero-order valence-electron chi connectivity index (χ0n) is 13.6. The van der Waals surface area contributed by atoms with Crippen LogP contribution in [0.4, 0.5) is 5.69 Å². The van der Waals surface area contributed by atoms with Crippen molar-refractivity contribution < 1.29 is 4.79 Å². The van der Waals surface area contributed by atoms with Gasteiger partial charge in [0.15, 0.2) is 0 Å². The lowest BCUT2D eigenvalue weighted by atomic mass is 9.87. The second kappa shape index (κ2) is 6.86. The number of anilines is 1. The van der Waals surface area contributed by atoms with Crippen LogP contribution >= 0.6 is 0 Å². The number of carbonyl (C=O) groups is 1. The number of benzene rings is 2. The van der Waals surface area contributed by atoms with E-state index in [1.165, 1.54) is 16.7 Å². The van der Waals surface area contributed by atoms with Gasteiger partial charge in [-0.05, 0) is 60.1 Å². The van der Waals surface area contributed by atoms with Crippen LogP contribution < -0.4 is 11.1 Å². The Kier molecular flexibility index (Phi) is 4.65. The Bertz CT molecular complexity index is 691. The van der Waals surface area contributed by atoms with Gasteiger partial charge in [-0.15, -0.1) is 0 Å². The summed E-state index contributed by atoms with van der Waals surface area (Å²) in [4.78, 5) is 12.4. The molecule has 1 unspecified atom stereocenters. The molecule has 0 fully saturated rings. The maximum absolute atomic E-state index is 12.4. The van der Waals surface area contributed by atoms with E-state index in [0.717, 1.165) is 36.9 Å². The Hall–Kier alpha value is -2.29. The largest absolute Gasteiger partial charge is 0.399 e. The average Bonchev–Trinajstić information content (AvgIpc) is 2.55. The predicted molar refractivity (Wildman–Crippen MR) is 94.2 cm³/mol. The van der Waals surface area contributed by atoms with Gasteiger partial charge in [-0.1, -0.05) is 37.3 Å². The number of fused-ring (bicyclic) bond motifs is 1. The normalized spacial score (nSPS) is 16.7. The van der Waals surface area contributed by atoms with Gasteiger partial charge in [-0.3, -0.25) is 4.79 Å². The molecule has 120 valence electrons. The number of aryl methyl sites for hydroxylation is 2. The first-order chi connectivity index (χ1) is 11.2. The zero-order chi connectivity index (χ0) is 16.2. The van der Waals surface area contributed by atoms with Crippen LogP contribution in [0.2, 0.25) is 0 Å². The van der Waals surface area contributed by atoms with Gasteiger partial charge < -0.3 is 11.1 Å². The minimum Gasteiger partial charge on any atom is -0.399 e. The number of nitrogen functional groups attached to an aromatic ring is 1. The van der Waals surface area contributed by atoms with Crippen molar-refractivity contribution in [3.63, 3.8) is 0 Å². The number of rotatable bonds is 4. The van der Waals surface area contributed by atoms with Crippen LogP contribution in [0.1, 0.15) is 48.1 Å². The van der Waals surface area contributed by atoms with E-state index >= 15 is 0 Å². The van der Waals surface area contributed by atoms with Crippen molar-refractivity contribution >= 4 is 11.6 Å². The summed E-state index contributed by atoms with van der Waals surface area (Å²) in [6.07, 6.45) is 4.59. The Morgan fingerprint density at radius 1 is 1.17 bits per heavy atom. The van der Waals surface area contributed by atoms with Crippen LogP contribution in [-0.2, 0) is 24.1 Å². The van der Waals surface area contributed by atoms with Crippen LogP contribution in [0.5, 0.6) is 0 Å². The summed E-state index contributed by atoms with van der Waals surface area (Å²) in [5, 5.41) is 3.19. The quantitative estimate of drug-likeness (QED) is 0.848. The van der Waals surface area contributed by atoms with Crippen molar-refractivity contribution in [1.82, 2.24) is 5.32 Å². The molecule has 0 saturated carbocycles. The molecule has 0 aliphatic heterocycles.